The summed E-state index contributed by atoms with van der Waals surface area (Å²) in [5, 5.41) is 13.3. The highest BCUT2D eigenvalue weighted by Gasteiger charge is 2.17. The number of aromatic nitrogens is 1. The Bertz CT molecular complexity index is 1430. The van der Waals surface area contributed by atoms with Crippen LogP contribution in [0.1, 0.15) is 21.5 Å². The van der Waals surface area contributed by atoms with Gasteiger partial charge in [-0.15, -0.1) is 0 Å². The van der Waals surface area contributed by atoms with Gasteiger partial charge in [-0.05, 0) is 42.8 Å². The van der Waals surface area contributed by atoms with Gasteiger partial charge in [-0.2, -0.15) is 5.26 Å². The van der Waals surface area contributed by atoms with E-state index in [4.69, 9.17) is 9.72 Å². The largest absolute Gasteiger partial charge is 0.465 e. The number of nitriles is 1. The lowest BCUT2D eigenvalue weighted by Gasteiger charge is -2.13. The van der Waals surface area contributed by atoms with Crippen LogP contribution in [0.25, 0.3) is 22.4 Å². The number of esters is 1. The maximum Gasteiger partial charge on any atom is 0.337 e. The molecule has 7 heteroatoms. The molecule has 4 rings (SSSR count). The second kappa shape index (κ2) is 11.3. The van der Waals surface area contributed by atoms with E-state index in [-0.39, 0.29) is 11.7 Å². The van der Waals surface area contributed by atoms with E-state index >= 15 is 0 Å². The molecule has 0 atom stereocenters. The summed E-state index contributed by atoms with van der Waals surface area (Å²) in [6.07, 6.45) is 0. The number of aryl methyl sites for hydroxylation is 1. The molecule has 178 valence electrons. The molecular formula is C29H23N3O3S. The molecule has 0 saturated carbocycles. The first-order chi connectivity index (χ1) is 17.5. The molecule has 1 N–H and O–H groups in total. The van der Waals surface area contributed by atoms with E-state index in [0.29, 0.717) is 21.8 Å². The number of thioether (sulfide) groups is 1. The third-order valence-electron chi connectivity index (χ3n) is 5.46. The molecule has 1 heterocycles. The summed E-state index contributed by atoms with van der Waals surface area (Å²) in [5.74, 6) is -0.633. The van der Waals surface area contributed by atoms with Crippen molar-refractivity contribution in [1.29, 1.82) is 5.26 Å². The molecule has 0 saturated heterocycles. The van der Waals surface area contributed by atoms with E-state index in [1.165, 1.54) is 18.9 Å². The van der Waals surface area contributed by atoms with Gasteiger partial charge in [0.25, 0.3) is 0 Å². The van der Waals surface area contributed by atoms with Crippen LogP contribution in [-0.4, -0.2) is 29.7 Å². The topological polar surface area (TPSA) is 92.1 Å². The molecule has 36 heavy (non-hydrogen) atoms. The van der Waals surface area contributed by atoms with Crippen LogP contribution in [0.5, 0.6) is 0 Å². The van der Waals surface area contributed by atoms with Crippen LogP contribution in [0, 0.1) is 18.3 Å². The van der Waals surface area contributed by atoms with Crippen molar-refractivity contribution < 1.29 is 14.3 Å². The van der Waals surface area contributed by atoms with Crippen LogP contribution in [0.3, 0.4) is 0 Å². The zero-order chi connectivity index (χ0) is 25.5. The zero-order valence-corrected chi connectivity index (χ0v) is 20.6. The Hall–Kier alpha value is -4.41. The first-order valence-corrected chi connectivity index (χ1v) is 12.2. The monoisotopic (exact) mass is 493 g/mol. The van der Waals surface area contributed by atoms with Crippen molar-refractivity contribution in [3.05, 3.63) is 102 Å². The Morgan fingerprint density at radius 2 is 1.67 bits per heavy atom. The first-order valence-electron chi connectivity index (χ1n) is 11.2. The predicted octanol–water partition coefficient (Wildman–Crippen LogP) is 6.11. The molecule has 0 radical (unpaired) electrons. The Labute approximate surface area is 214 Å². The van der Waals surface area contributed by atoms with Gasteiger partial charge in [-0.3, -0.25) is 4.79 Å². The van der Waals surface area contributed by atoms with Crippen molar-refractivity contribution in [1.82, 2.24) is 4.98 Å². The van der Waals surface area contributed by atoms with E-state index < -0.39 is 5.97 Å². The number of methoxy groups -OCH3 is 1. The summed E-state index contributed by atoms with van der Waals surface area (Å²) < 4.78 is 4.69. The summed E-state index contributed by atoms with van der Waals surface area (Å²) in [5.41, 5.74) is 5.84. The number of amides is 1. The first kappa shape index (κ1) is 24.7. The number of carbonyl (C=O) groups excluding carboxylic acids is 2. The molecule has 0 bridgehead atoms. The number of hydrogen-bond donors (Lipinski definition) is 1. The fourth-order valence-corrected chi connectivity index (χ4v) is 4.39. The lowest BCUT2D eigenvalue weighted by molar-refractivity contribution is -0.113. The number of pyridine rings is 1. The minimum Gasteiger partial charge on any atom is -0.465 e. The van der Waals surface area contributed by atoms with Crippen molar-refractivity contribution in [2.75, 3.05) is 18.2 Å². The number of carbonyl (C=O) groups is 2. The molecule has 0 unspecified atom stereocenters. The number of anilines is 1. The smallest absolute Gasteiger partial charge is 0.337 e. The quantitative estimate of drug-likeness (QED) is 0.247. The summed E-state index contributed by atoms with van der Waals surface area (Å²) in [7, 11) is 1.32. The molecule has 0 fully saturated rings. The number of nitrogens with zero attached hydrogens (tertiary/aromatic N) is 2. The van der Waals surface area contributed by atoms with Gasteiger partial charge in [0, 0.05) is 16.8 Å². The average Bonchev–Trinajstić information content (AvgIpc) is 2.92. The third-order valence-corrected chi connectivity index (χ3v) is 6.44. The maximum atomic E-state index is 12.7. The van der Waals surface area contributed by atoms with Crippen LogP contribution in [0.2, 0.25) is 0 Å². The number of hydrogen-bond acceptors (Lipinski definition) is 6. The number of benzene rings is 3. The second-order valence-corrected chi connectivity index (χ2v) is 8.95. The summed E-state index contributed by atoms with van der Waals surface area (Å²) >= 11 is 1.21. The SMILES string of the molecule is COC(=O)c1ccc(NC(=O)CSc2nc(-c3ccccc3)cc(-c3ccc(C)cc3)c2C#N)cc1. The van der Waals surface area contributed by atoms with Gasteiger partial charge >= 0.3 is 5.97 Å². The number of nitrogens with one attached hydrogen (secondary N) is 1. The fraction of sp³-hybridized carbons (Fsp3) is 0.103. The van der Waals surface area contributed by atoms with E-state index in [1.54, 1.807) is 24.3 Å². The van der Waals surface area contributed by atoms with Gasteiger partial charge in [0.1, 0.15) is 11.1 Å². The van der Waals surface area contributed by atoms with Gasteiger partial charge in [0.2, 0.25) is 5.91 Å². The molecular weight excluding hydrogens is 470 g/mol. The Morgan fingerprint density at radius 1 is 0.972 bits per heavy atom. The summed E-state index contributed by atoms with van der Waals surface area (Å²) in [6, 6.07) is 28.4. The van der Waals surface area contributed by atoms with E-state index in [0.717, 1.165) is 27.9 Å². The molecule has 0 aliphatic rings. The molecule has 1 aromatic heterocycles. The molecule has 1 amide bonds. The zero-order valence-electron chi connectivity index (χ0n) is 19.8. The number of rotatable bonds is 7. The minimum absolute atomic E-state index is 0.0615. The van der Waals surface area contributed by atoms with Crippen molar-refractivity contribution in [3.8, 4) is 28.5 Å². The average molecular weight is 494 g/mol. The highest BCUT2D eigenvalue weighted by atomic mass is 32.2. The summed E-state index contributed by atoms with van der Waals surface area (Å²) in [6.45, 7) is 2.01. The van der Waals surface area contributed by atoms with Gasteiger partial charge < -0.3 is 10.1 Å². The lowest BCUT2D eigenvalue weighted by atomic mass is 9.98. The Morgan fingerprint density at radius 3 is 2.31 bits per heavy atom. The highest BCUT2D eigenvalue weighted by molar-refractivity contribution is 8.00. The Kier molecular flexibility index (Phi) is 7.79. The van der Waals surface area contributed by atoms with Crippen LogP contribution in [-0.2, 0) is 9.53 Å². The van der Waals surface area contributed by atoms with E-state index in [2.05, 4.69) is 11.4 Å². The fourth-order valence-electron chi connectivity index (χ4n) is 3.59. The van der Waals surface area contributed by atoms with Gasteiger partial charge in [0.05, 0.1) is 29.7 Å². The van der Waals surface area contributed by atoms with Crippen molar-refractivity contribution in [2.45, 2.75) is 11.9 Å². The van der Waals surface area contributed by atoms with Crippen LogP contribution >= 0.6 is 11.8 Å². The van der Waals surface area contributed by atoms with E-state index in [9.17, 15) is 14.9 Å². The molecule has 0 aliphatic heterocycles. The standard InChI is InChI=1S/C29H23N3O3S/c1-19-8-10-20(11-9-19)24-16-26(21-6-4-3-5-7-21)32-28(25(24)17-30)36-18-27(33)31-23-14-12-22(13-15-23)29(34)35-2/h3-16H,18H2,1-2H3,(H,31,33). The minimum atomic E-state index is -0.443. The normalized spacial score (nSPS) is 10.4. The van der Waals surface area contributed by atoms with Gasteiger partial charge in [0.15, 0.2) is 0 Å². The summed E-state index contributed by atoms with van der Waals surface area (Å²) in [4.78, 5) is 29.0. The Balaban J connectivity index is 1.61. The highest BCUT2D eigenvalue weighted by Crippen LogP contribution is 2.34. The molecule has 0 spiro atoms. The molecule has 0 aliphatic carbocycles. The van der Waals surface area contributed by atoms with Gasteiger partial charge in [-0.25, -0.2) is 9.78 Å². The molecule has 6 nitrogen and oxygen atoms in total. The van der Waals surface area contributed by atoms with E-state index in [1.807, 2.05) is 67.6 Å². The van der Waals surface area contributed by atoms with Crippen LogP contribution in [0.4, 0.5) is 5.69 Å². The third kappa shape index (κ3) is 5.80. The van der Waals surface area contributed by atoms with Gasteiger partial charge in [-0.1, -0.05) is 71.9 Å². The molecule has 3 aromatic carbocycles. The van der Waals surface area contributed by atoms with Crippen LogP contribution in [0.15, 0.2) is 90.0 Å². The lowest BCUT2D eigenvalue weighted by Crippen LogP contribution is -2.14. The predicted molar refractivity (Wildman–Crippen MR) is 142 cm³/mol. The maximum absolute atomic E-state index is 12.7. The van der Waals surface area contributed by atoms with Crippen molar-refractivity contribution in [2.24, 2.45) is 0 Å². The second-order valence-electron chi connectivity index (χ2n) is 7.98. The van der Waals surface area contributed by atoms with Crippen molar-refractivity contribution >= 4 is 29.3 Å². The van der Waals surface area contributed by atoms with Crippen molar-refractivity contribution in [3.63, 3.8) is 0 Å². The van der Waals surface area contributed by atoms with Crippen LogP contribution < -0.4 is 5.32 Å². The number of ether oxygens (including phenoxy) is 1. The molecule has 4 aromatic rings.